The molecule has 5 nitrogen and oxygen atoms in total. The van der Waals surface area contributed by atoms with Gasteiger partial charge in [0.25, 0.3) is 5.91 Å². The smallest absolute Gasteiger partial charge is 0.295 e. The zero-order chi connectivity index (χ0) is 22.4. The Balaban J connectivity index is 1.77. The summed E-state index contributed by atoms with van der Waals surface area (Å²) in [7, 11) is 0. The molecule has 7 heteroatoms. The molecule has 4 aromatic rings. The number of anilines is 1. The molecule has 1 atom stereocenters. The summed E-state index contributed by atoms with van der Waals surface area (Å²) in [6, 6.07) is 18.4. The number of hydrogen-bond donors (Lipinski definition) is 0. The number of ether oxygens (including phenoxy) is 1. The molecule has 0 aliphatic carbocycles. The molecule has 0 bridgehead atoms. The van der Waals surface area contributed by atoms with Gasteiger partial charge < -0.3 is 9.15 Å². The van der Waals surface area contributed by atoms with Crippen molar-refractivity contribution in [1.82, 2.24) is 0 Å². The van der Waals surface area contributed by atoms with E-state index in [1.807, 2.05) is 31.2 Å². The summed E-state index contributed by atoms with van der Waals surface area (Å²) < 4.78 is 11.5. The van der Waals surface area contributed by atoms with Gasteiger partial charge in [-0.05, 0) is 61.0 Å². The minimum absolute atomic E-state index is 0.0173. The maximum absolute atomic E-state index is 13.6. The molecule has 160 valence electrons. The van der Waals surface area contributed by atoms with Crippen molar-refractivity contribution in [3.05, 3.63) is 104 Å². The summed E-state index contributed by atoms with van der Waals surface area (Å²) in [6.07, 6.45) is 0. The third-order valence-electron chi connectivity index (χ3n) is 5.43. The lowest BCUT2D eigenvalue weighted by Gasteiger charge is -2.25. The van der Waals surface area contributed by atoms with Crippen LogP contribution in [-0.2, 0) is 0 Å². The Morgan fingerprint density at radius 1 is 0.969 bits per heavy atom. The fourth-order valence-electron chi connectivity index (χ4n) is 4.07. The molecular weight excluding hydrogens is 449 g/mol. The Kier molecular flexibility index (Phi) is 5.16. The minimum atomic E-state index is -0.689. The topological polar surface area (TPSA) is 59.8 Å². The standard InChI is InChI=1S/C25H17Cl2NO4/c1-2-31-18-9-6-14(7-10-18)22-21-23(29)19-13-16(27)8-11-20(19)32-24(21)25(30)28(22)17-5-3-4-15(26)12-17/h3-13,22H,2H2,1H3. The van der Waals surface area contributed by atoms with E-state index >= 15 is 0 Å². The van der Waals surface area contributed by atoms with Crippen LogP contribution in [0.3, 0.4) is 0 Å². The molecule has 0 fully saturated rings. The number of halogens is 2. The van der Waals surface area contributed by atoms with E-state index in [1.165, 1.54) is 4.90 Å². The summed E-state index contributed by atoms with van der Waals surface area (Å²) in [5, 5.41) is 1.22. The molecule has 5 rings (SSSR count). The van der Waals surface area contributed by atoms with E-state index in [4.69, 9.17) is 32.4 Å². The van der Waals surface area contributed by atoms with Gasteiger partial charge in [-0.2, -0.15) is 0 Å². The van der Waals surface area contributed by atoms with Crippen molar-refractivity contribution in [2.24, 2.45) is 0 Å². The highest BCUT2D eigenvalue weighted by Gasteiger charge is 2.43. The molecule has 0 saturated carbocycles. The Hall–Kier alpha value is -3.28. The second kappa shape index (κ2) is 8.01. The highest BCUT2D eigenvalue weighted by molar-refractivity contribution is 6.31. The van der Waals surface area contributed by atoms with Crippen molar-refractivity contribution in [3.63, 3.8) is 0 Å². The number of carbonyl (C=O) groups excluding carboxylic acids is 1. The second-order valence-electron chi connectivity index (χ2n) is 7.37. The molecule has 0 radical (unpaired) electrons. The highest BCUT2D eigenvalue weighted by Crippen LogP contribution is 2.42. The molecular formula is C25H17Cl2NO4. The third-order valence-corrected chi connectivity index (χ3v) is 5.90. The van der Waals surface area contributed by atoms with Crippen LogP contribution in [0, 0.1) is 0 Å². The molecule has 1 amide bonds. The lowest BCUT2D eigenvalue weighted by molar-refractivity contribution is 0.0971. The maximum Gasteiger partial charge on any atom is 0.295 e. The number of amides is 1. The zero-order valence-corrected chi connectivity index (χ0v) is 18.5. The van der Waals surface area contributed by atoms with Crippen LogP contribution in [0.4, 0.5) is 5.69 Å². The largest absolute Gasteiger partial charge is 0.494 e. The molecule has 0 spiro atoms. The number of hydrogen-bond acceptors (Lipinski definition) is 4. The summed E-state index contributed by atoms with van der Waals surface area (Å²) in [5.41, 5.74) is 1.60. The van der Waals surface area contributed by atoms with Crippen molar-refractivity contribution in [3.8, 4) is 5.75 Å². The van der Waals surface area contributed by atoms with Crippen LogP contribution in [0.5, 0.6) is 5.75 Å². The third kappa shape index (κ3) is 3.34. The molecule has 1 unspecified atom stereocenters. The predicted molar refractivity (Wildman–Crippen MR) is 125 cm³/mol. The van der Waals surface area contributed by atoms with E-state index in [2.05, 4.69) is 0 Å². The fraction of sp³-hybridized carbons (Fsp3) is 0.120. The van der Waals surface area contributed by atoms with Crippen LogP contribution in [0.1, 0.15) is 34.6 Å². The molecule has 1 aliphatic heterocycles. The SMILES string of the molecule is CCOc1ccc(C2c3c(oc4ccc(Cl)cc4c3=O)C(=O)N2c2cccc(Cl)c2)cc1. The second-order valence-corrected chi connectivity index (χ2v) is 8.25. The van der Waals surface area contributed by atoms with E-state index < -0.39 is 11.9 Å². The van der Waals surface area contributed by atoms with Crippen LogP contribution >= 0.6 is 23.2 Å². The molecule has 2 heterocycles. The van der Waals surface area contributed by atoms with Crippen LogP contribution in [0.25, 0.3) is 11.0 Å². The number of nitrogens with zero attached hydrogens (tertiary/aromatic N) is 1. The lowest BCUT2D eigenvalue weighted by Crippen LogP contribution is -2.29. The number of rotatable bonds is 4. The van der Waals surface area contributed by atoms with Crippen LogP contribution in [0.15, 0.2) is 75.9 Å². The molecule has 1 aliphatic rings. The van der Waals surface area contributed by atoms with Crippen molar-refractivity contribution >= 4 is 45.8 Å². The van der Waals surface area contributed by atoms with Gasteiger partial charge in [0.2, 0.25) is 5.76 Å². The monoisotopic (exact) mass is 465 g/mol. The van der Waals surface area contributed by atoms with Crippen LogP contribution in [-0.4, -0.2) is 12.5 Å². The van der Waals surface area contributed by atoms with Crippen molar-refractivity contribution < 1.29 is 13.9 Å². The number of carbonyl (C=O) groups is 1. The Bertz CT molecular complexity index is 1410. The Morgan fingerprint density at radius 3 is 2.44 bits per heavy atom. The highest BCUT2D eigenvalue weighted by atomic mass is 35.5. The van der Waals surface area contributed by atoms with Gasteiger partial charge in [-0.15, -0.1) is 0 Å². The normalized spacial score (nSPS) is 15.3. The van der Waals surface area contributed by atoms with Gasteiger partial charge in [0.05, 0.1) is 23.6 Å². The summed E-state index contributed by atoms with van der Waals surface area (Å²) >= 11 is 12.3. The number of benzene rings is 3. The molecule has 0 N–H and O–H groups in total. The average Bonchev–Trinajstić information content (AvgIpc) is 3.08. The van der Waals surface area contributed by atoms with Crippen LogP contribution < -0.4 is 15.1 Å². The lowest BCUT2D eigenvalue weighted by atomic mass is 9.98. The maximum atomic E-state index is 13.6. The first-order chi connectivity index (χ1) is 15.5. The first-order valence-electron chi connectivity index (χ1n) is 10.1. The van der Waals surface area contributed by atoms with Crippen molar-refractivity contribution in [2.75, 3.05) is 11.5 Å². The van der Waals surface area contributed by atoms with Gasteiger partial charge in [-0.1, -0.05) is 41.4 Å². The Morgan fingerprint density at radius 2 is 1.72 bits per heavy atom. The first-order valence-corrected chi connectivity index (χ1v) is 10.8. The summed E-state index contributed by atoms with van der Waals surface area (Å²) in [6.45, 7) is 2.44. The molecule has 3 aromatic carbocycles. The van der Waals surface area contributed by atoms with Gasteiger partial charge in [-0.3, -0.25) is 14.5 Å². The van der Waals surface area contributed by atoms with E-state index in [-0.39, 0.29) is 16.8 Å². The van der Waals surface area contributed by atoms with E-state index in [9.17, 15) is 9.59 Å². The molecule has 32 heavy (non-hydrogen) atoms. The Labute approximate surface area is 193 Å². The quantitative estimate of drug-likeness (QED) is 0.357. The zero-order valence-electron chi connectivity index (χ0n) is 17.0. The van der Waals surface area contributed by atoms with Gasteiger partial charge in [-0.25, -0.2) is 0 Å². The summed E-state index contributed by atoms with van der Waals surface area (Å²) in [5.74, 6) is 0.311. The van der Waals surface area contributed by atoms with Gasteiger partial charge in [0, 0.05) is 15.7 Å². The molecule has 0 saturated heterocycles. The van der Waals surface area contributed by atoms with Gasteiger partial charge in [0.15, 0.2) is 5.43 Å². The van der Waals surface area contributed by atoms with E-state index in [0.29, 0.717) is 39.1 Å². The first kappa shape index (κ1) is 20.6. The number of fused-ring (bicyclic) bond motifs is 2. The minimum Gasteiger partial charge on any atom is -0.494 e. The van der Waals surface area contributed by atoms with Gasteiger partial charge in [0.1, 0.15) is 11.3 Å². The fourth-order valence-corrected chi connectivity index (χ4v) is 4.42. The van der Waals surface area contributed by atoms with Crippen molar-refractivity contribution in [2.45, 2.75) is 13.0 Å². The predicted octanol–water partition coefficient (Wildman–Crippen LogP) is 6.25. The van der Waals surface area contributed by atoms with E-state index in [1.54, 1.807) is 42.5 Å². The average molecular weight is 466 g/mol. The van der Waals surface area contributed by atoms with E-state index in [0.717, 1.165) is 5.56 Å². The van der Waals surface area contributed by atoms with Gasteiger partial charge >= 0.3 is 0 Å². The summed E-state index contributed by atoms with van der Waals surface area (Å²) in [4.78, 5) is 28.6. The van der Waals surface area contributed by atoms with Crippen LogP contribution in [0.2, 0.25) is 10.0 Å². The van der Waals surface area contributed by atoms with Crippen molar-refractivity contribution in [1.29, 1.82) is 0 Å². The molecule has 1 aromatic heterocycles.